The van der Waals surface area contributed by atoms with Gasteiger partial charge in [-0.2, -0.15) is 0 Å². The molecule has 0 aliphatic carbocycles. The highest BCUT2D eigenvalue weighted by Gasteiger charge is 2.12. The van der Waals surface area contributed by atoms with Crippen molar-refractivity contribution in [3.8, 4) is 0 Å². The average Bonchev–Trinajstić information content (AvgIpc) is 2.56. The van der Waals surface area contributed by atoms with Gasteiger partial charge in [0.1, 0.15) is 0 Å². The molecule has 0 spiro atoms. The van der Waals surface area contributed by atoms with Crippen molar-refractivity contribution in [1.82, 2.24) is 10.4 Å². The molecule has 0 saturated carbocycles. The van der Waals surface area contributed by atoms with Crippen LogP contribution in [0.5, 0.6) is 0 Å². The highest BCUT2D eigenvalue weighted by atomic mass is 15.2. The zero-order chi connectivity index (χ0) is 14.5. The molecule has 3 N–H and O–H groups in total. The molecule has 3 rings (SSSR count). The molecule has 3 heteroatoms. The van der Waals surface area contributed by atoms with E-state index in [2.05, 4.69) is 58.9 Å². The van der Waals surface area contributed by atoms with Crippen molar-refractivity contribution in [2.45, 2.75) is 18.9 Å². The Labute approximate surface area is 124 Å². The quantitative estimate of drug-likeness (QED) is 0.555. The Morgan fingerprint density at radius 2 is 1.86 bits per heavy atom. The fourth-order valence-electron chi connectivity index (χ4n) is 2.74. The van der Waals surface area contributed by atoms with Crippen molar-refractivity contribution in [1.29, 1.82) is 0 Å². The van der Waals surface area contributed by atoms with E-state index >= 15 is 0 Å². The van der Waals surface area contributed by atoms with Gasteiger partial charge >= 0.3 is 0 Å². The molecule has 0 amide bonds. The Balaban J connectivity index is 1.85. The number of aromatic nitrogens is 1. The van der Waals surface area contributed by atoms with E-state index in [0.29, 0.717) is 0 Å². The van der Waals surface area contributed by atoms with E-state index in [-0.39, 0.29) is 6.04 Å². The summed E-state index contributed by atoms with van der Waals surface area (Å²) < 4.78 is 0. The number of hydrogen-bond donors (Lipinski definition) is 2. The number of nitrogens with one attached hydrogen (secondary N) is 1. The maximum atomic E-state index is 5.79. The lowest BCUT2D eigenvalue weighted by Gasteiger charge is -2.18. The zero-order valence-electron chi connectivity index (χ0n) is 11.9. The van der Waals surface area contributed by atoms with Crippen LogP contribution < -0.4 is 11.3 Å². The van der Waals surface area contributed by atoms with Crippen LogP contribution in [0.3, 0.4) is 0 Å². The SMILES string of the molecule is NNC(CCc1cccnc1)c1cccc2ccccc12. The second-order valence-corrected chi connectivity index (χ2v) is 5.19. The monoisotopic (exact) mass is 277 g/mol. The van der Waals surface area contributed by atoms with Gasteiger partial charge in [-0.05, 0) is 40.8 Å². The highest BCUT2D eigenvalue weighted by Crippen LogP contribution is 2.26. The number of nitrogens with two attached hydrogens (primary N) is 1. The second kappa shape index (κ2) is 6.48. The first-order valence-corrected chi connectivity index (χ1v) is 7.21. The van der Waals surface area contributed by atoms with Crippen LogP contribution in [-0.4, -0.2) is 4.98 Å². The Bertz CT molecular complexity index is 704. The molecule has 0 bridgehead atoms. The summed E-state index contributed by atoms with van der Waals surface area (Å²) in [6, 6.07) is 19.0. The second-order valence-electron chi connectivity index (χ2n) is 5.19. The number of hydrogen-bond acceptors (Lipinski definition) is 3. The van der Waals surface area contributed by atoms with Crippen LogP contribution in [0.25, 0.3) is 10.8 Å². The molecule has 1 heterocycles. The van der Waals surface area contributed by atoms with Crippen LogP contribution in [0.15, 0.2) is 67.0 Å². The lowest BCUT2D eigenvalue weighted by atomic mass is 9.95. The van der Waals surface area contributed by atoms with Gasteiger partial charge in [0.15, 0.2) is 0 Å². The van der Waals surface area contributed by atoms with E-state index in [9.17, 15) is 0 Å². The molecule has 3 aromatic rings. The number of nitrogens with zero attached hydrogens (tertiary/aromatic N) is 1. The molecular weight excluding hydrogens is 258 g/mol. The molecule has 0 radical (unpaired) electrons. The third-order valence-electron chi connectivity index (χ3n) is 3.84. The molecule has 2 aromatic carbocycles. The zero-order valence-corrected chi connectivity index (χ0v) is 11.9. The topological polar surface area (TPSA) is 50.9 Å². The molecule has 106 valence electrons. The Morgan fingerprint density at radius 3 is 2.67 bits per heavy atom. The number of rotatable bonds is 5. The first kappa shape index (κ1) is 13.7. The molecular formula is C18H19N3. The summed E-state index contributed by atoms with van der Waals surface area (Å²) >= 11 is 0. The summed E-state index contributed by atoms with van der Waals surface area (Å²) in [6.45, 7) is 0. The molecule has 0 aliphatic heterocycles. The molecule has 1 atom stereocenters. The Morgan fingerprint density at radius 1 is 1.00 bits per heavy atom. The highest BCUT2D eigenvalue weighted by molar-refractivity contribution is 5.86. The number of pyridine rings is 1. The smallest absolute Gasteiger partial charge is 0.0469 e. The van der Waals surface area contributed by atoms with E-state index in [0.717, 1.165) is 12.8 Å². The van der Waals surface area contributed by atoms with Crippen LogP contribution in [0, 0.1) is 0 Å². The van der Waals surface area contributed by atoms with Crippen molar-refractivity contribution in [3.05, 3.63) is 78.1 Å². The van der Waals surface area contributed by atoms with Crippen LogP contribution in [0.1, 0.15) is 23.6 Å². The predicted octanol–water partition coefficient (Wildman–Crippen LogP) is 3.37. The van der Waals surface area contributed by atoms with Crippen LogP contribution in [-0.2, 0) is 6.42 Å². The third kappa shape index (κ3) is 3.10. The minimum Gasteiger partial charge on any atom is -0.271 e. The number of hydrazine groups is 1. The first-order chi connectivity index (χ1) is 10.4. The summed E-state index contributed by atoms with van der Waals surface area (Å²) in [7, 11) is 0. The van der Waals surface area contributed by atoms with Gasteiger partial charge < -0.3 is 0 Å². The van der Waals surface area contributed by atoms with E-state index in [1.54, 1.807) is 6.20 Å². The van der Waals surface area contributed by atoms with E-state index < -0.39 is 0 Å². The molecule has 3 nitrogen and oxygen atoms in total. The normalized spacial score (nSPS) is 12.4. The molecule has 1 aromatic heterocycles. The number of aryl methyl sites for hydroxylation is 1. The lowest BCUT2D eigenvalue weighted by molar-refractivity contribution is 0.519. The number of fused-ring (bicyclic) bond motifs is 1. The summed E-state index contributed by atoms with van der Waals surface area (Å²) in [6.07, 6.45) is 5.60. The molecule has 0 aliphatic rings. The lowest BCUT2D eigenvalue weighted by Crippen LogP contribution is -2.28. The Kier molecular flexibility index (Phi) is 4.24. The summed E-state index contributed by atoms with van der Waals surface area (Å²) in [5.41, 5.74) is 5.44. The fraction of sp³-hybridized carbons (Fsp3) is 0.167. The van der Waals surface area contributed by atoms with Crippen molar-refractivity contribution in [3.63, 3.8) is 0 Å². The van der Waals surface area contributed by atoms with Gasteiger partial charge in [-0.3, -0.25) is 16.3 Å². The van der Waals surface area contributed by atoms with Crippen molar-refractivity contribution < 1.29 is 0 Å². The van der Waals surface area contributed by atoms with Crippen LogP contribution in [0.4, 0.5) is 0 Å². The summed E-state index contributed by atoms with van der Waals surface area (Å²) in [5.74, 6) is 5.79. The van der Waals surface area contributed by atoms with Gasteiger partial charge in [0, 0.05) is 18.4 Å². The van der Waals surface area contributed by atoms with Gasteiger partial charge in [0.05, 0.1) is 0 Å². The van der Waals surface area contributed by atoms with Gasteiger partial charge in [0.2, 0.25) is 0 Å². The summed E-state index contributed by atoms with van der Waals surface area (Å²) in [5, 5.41) is 2.51. The van der Waals surface area contributed by atoms with Gasteiger partial charge in [-0.25, -0.2) is 0 Å². The molecule has 1 unspecified atom stereocenters. The largest absolute Gasteiger partial charge is 0.271 e. The maximum Gasteiger partial charge on any atom is 0.0469 e. The molecule has 21 heavy (non-hydrogen) atoms. The van der Waals surface area contributed by atoms with E-state index in [4.69, 9.17) is 5.84 Å². The third-order valence-corrected chi connectivity index (χ3v) is 3.84. The minimum atomic E-state index is 0.135. The average molecular weight is 277 g/mol. The predicted molar refractivity (Wildman–Crippen MR) is 86.6 cm³/mol. The van der Waals surface area contributed by atoms with Crippen LogP contribution >= 0.6 is 0 Å². The van der Waals surface area contributed by atoms with Crippen molar-refractivity contribution >= 4 is 10.8 Å². The van der Waals surface area contributed by atoms with Crippen molar-refractivity contribution in [2.75, 3.05) is 0 Å². The molecule has 0 fully saturated rings. The standard InChI is InChI=1S/C18H19N3/c19-21-18(11-10-14-5-4-12-20-13-14)17-9-3-7-15-6-1-2-8-16(15)17/h1-9,12-13,18,21H,10-11,19H2. The van der Waals surface area contributed by atoms with E-state index in [1.165, 1.54) is 21.9 Å². The maximum absolute atomic E-state index is 5.79. The molecule has 0 saturated heterocycles. The van der Waals surface area contributed by atoms with Gasteiger partial charge in [-0.1, -0.05) is 48.5 Å². The number of benzene rings is 2. The minimum absolute atomic E-state index is 0.135. The van der Waals surface area contributed by atoms with Crippen molar-refractivity contribution in [2.24, 2.45) is 5.84 Å². The summed E-state index contributed by atoms with van der Waals surface area (Å²) in [4.78, 5) is 4.16. The van der Waals surface area contributed by atoms with Crippen LogP contribution in [0.2, 0.25) is 0 Å². The Hall–Kier alpha value is -2.23. The fourth-order valence-corrected chi connectivity index (χ4v) is 2.74. The first-order valence-electron chi connectivity index (χ1n) is 7.21. The van der Waals surface area contributed by atoms with Gasteiger partial charge in [0.25, 0.3) is 0 Å². The van der Waals surface area contributed by atoms with E-state index in [1.807, 2.05) is 12.3 Å². The van der Waals surface area contributed by atoms with Gasteiger partial charge in [-0.15, -0.1) is 0 Å².